The number of fused-ring (bicyclic) bond motifs is 1. The molecule has 1 aromatic heterocycles. The first-order valence-electron chi connectivity index (χ1n) is 7.48. The molecule has 1 unspecified atom stereocenters. The fraction of sp³-hybridized carbons (Fsp3) is 0.294. The van der Waals surface area contributed by atoms with E-state index in [-0.39, 0.29) is 12.1 Å². The van der Waals surface area contributed by atoms with Crippen molar-refractivity contribution in [2.45, 2.75) is 19.0 Å². The van der Waals surface area contributed by atoms with Crippen molar-refractivity contribution in [3.63, 3.8) is 0 Å². The molecule has 0 radical (unpaired) electrons. The number of carbonyl (C=O) groups excluding carboxylic acids is 1. The predicted molar refractivity (Wildman–Crippen MR) is 85.6 cm³/mol. The first kappa shape index (κ1) is 15.1. The lowest BCUT2D eigenvalue weighted by molar-refractivity contribution is 0.214. The zero-order valence-electron chi connectivity index (χ0n) is 12.9. The number of pyridine rings is 1. The zero-order chi connectivity index (χ0) is 16.1. The molecule has 2 heterocycles. The highest BCUT2D eigenvalue weighted by molar-refractivity contribution is 5.74. The van der Waals surface area contributed by atoms with Gasteiger partial charge in [0.25, 0.3) is 0 Å². The van der Waals surface area contributed by atoms with Gasteiger partial charge < -0.3 is 20.1 Å². The minimum Gasteiger partial charge on any atom is -0.491 e. The van der Waals surface area contributed by atoms with E-state index in [1.165, 1.54) is 0 Å². The Kier molecular flexibility index (Phi) is 4.61. The Morgan fingerprint density at radius 1 is 1.39 bits per heavy atom. The molecule has 3 rings (SSSR count). The van der Waals surface area contributed by atoms with Gasteiger partial charge in [0, 0.05) is 18.8 Å². The standard InChI is InChI=1S/C17H19N3O3/c1-22-16-8-12(6-7-18-16)10-19-17(21)20-14-9-13-4-2-3-5-15(13)23-11-14/h2-8,14H,9-11H2,1H3,(H2,19,20,21). The number of urea groups is 1. The number of amides is 2. The summed E-state index contributed by atoms with van der Waals surface area (Å²) in [6, 6.07) is 11.3. The summed E-state index contributed by atoms with van der Waals surface area (Å²) in [5, 5.41) is 5.77. The number of carbonyl (C=O) groups is 1. The van der Waals surface area contributed by atoms with Gasteiger partial charge in [-0.1, -0.05) is 18.2 Å². The fourth-order valence-electron chi connectivity index (χ4n) is 2.51. The summed E-state index contributed by atoms with van der Waals surface area (Å²) in [5.41, 5.74) is 2.04. The summed E-state index contributed by atoms with van der Waals surface area (Å²) >= 11 is 0. The fourth-order valence-corrected chi connectivity index (χ4v) is 2.51. The third kappa shape index (κ3) is 3.91. The molecule has 0 aliphatic carbocycles. The lowest BCUT2D eigenvalue weighted by atomic mass is 10.0. The summed E-state index contributed by atoms with van der Waals surface area (Å²) in [6.45, 7) is 0.891. The van der Waals surface area contributed by atoms with Gasteiger partial charge in [0.15, 0.2) is 0 Å². The molecule has 2 N–H and O–H groups in total. The van der Waals surface area contributed by atoms with Crippen molar-refractivity contribution in [2.75, 3.05) is 13.7 Å². The quantitative estimate of drug-likeness (QED) is 0.904. The number of nitrogens with one attached hydrogen (secondary N) is 2. The van der Waals surface area contributed by atoms with Crippen molar-refractivity contribution < 1.29 is 14.3 Å². The molecule has 1 aromatic carbocycles. The molecule has 2 aromatic rings. The number of aromatic nitrogens is 1. The number of nitrogens with zero attached hydrogens (tertiary/aromatic N) is 1. The van der Waals surface area contributed by atoms with Gasteiger partial charge in [-0.2, -0.15) is 0 Å². The van der Waals surface area contributed by atoms with Crippen LogP contribution in [0.2, 0.25) is 0 Å². The number of hydrogen-bond donors (Lipinski definition) is 2. The van der Waals surface area contributed by atoms with E-state index in [0.29, 0.717) is 19.0 Å². The van der Waals surface area contributed by atoms with Crippen molar-refractivity contribution in [1.29, 1.82) is 0 Å². The second-order valence-corrected chi connectivity index (χ2v) is 5.35. The Hall–Kier alpha value is -2.76. The number of methoxy groups -OCH3 is 1. The van der Waals surface area contributed by atoms with E-state index >= 15 is 0 Å². The van der Waals surface area contributed by atoms with E-state index in [1.54, 1.807) is 19.4 Å². The lowest BCUT2D eigenvalue weighted by Gasteiger charge is -2.26. The van der Waals surface area contributed by atoms with Crippen LogP contribution in [0.3, 0.4) is 0 Å². The maximum Gasteiger partial charge on any atom is 0.315 e. The maximum absolute atomic E-state index is 12.0. The normalized spacial score (nSPS) is 16.0. The first-order valence-corrected chi connectivity index (χ1v) is 7.48. The molecule has 0 saturated heterocycles. The van der Waals surface area contributed by atoms with Crippen LogP contribution in [0.1, 0.15) is 11.1 Å². The van der Waals surface area contributed by atoms with E-state index in [0.717, 1.165) is 23.3 Å². The van der Waals surface area contributed by atoms with Crippen LogP contribution >= 0.6 is 0 Å². The summed E-state index contributed by atoms with van der Waals surface area (Å²) in [4.78, 5) is 16.1. The van der Waals surface area contributed by atoms with Crippen molar-refractivity contribution in [3.8, 4) is 11.6 Å². The number of benzene rings is 1. The van der Waals surface area contributed by atoms with Gasteiger partial charge >= 0.3 is 6.03 Å². The molecule has 1 atom stereocenters. The molecule has 6 nitrogen and oxygen atoms in total. The van der Waals surface area contributed by atoms with Crippen LogP contribution in [0.4, 0.5) is 4.79 Å². The van der Waals surface area contributed by atoms with E-state index < -0.39 is 0 Å². The number of rotatable bonds is 4. The monoisotopic (exact) mass is 313 g/mol. The van der Waals surface area contributed by atoms with E-state index in [1.807, 2.05) is 30.3 Å². The van der Waals surface area contributed by atoms with Crippen molar-refractivity contribution in [3.05, 3.63) is 53.7 Å². The largest absolute Gasteiger partial charge is 0.491 e. The second-order valence-electron chi connectivity index (χ2n) is 5.35. The molecule has 120 valence electrons. The molecule has 6 heteroatoms. The molecular formula is C17H19N3O3. The third-order valence-electron chi connectivity index (χ3n) is 3.68. The van der Waals surface area contributed by atoms with Gasteiger partial charge in [-0.15, -0.1) is 0 Å². The first-order chi connectivity index (χ1) is 11.2. The SMILES string of the molecule is COc1cc(CNC(=O)NC2COc3ccccc3C2)ccn1. The van der Waals surface area contributed by atoms with Crippen LogP contribution < -0.4 is 20.1 Å². The van der Waals surface area contributed by atoms with Crippen LogP contribution in [0, 0.1) is 0 Å². The van der Waals surface area contributed by atoms with Gasteiger partial charge in [0.2, 0.25) is 5.88 Å². The van der Waals surface area contributed by atoms with E-state index in [4.69, 9.17) is 9.47 Å². The highest BCUT2D eigenvalue weighted by Crippen LogP contribution is 2.23. The van der Waals surface area contributed by atoms with Gasteiger partial charge in [0.05, 0.1) is 13.2 Å². The summed E-state index contributed by atoms with van der Waals surface area (Å²) in [6.07, 6.45) is 2.42. The Morgan fingerprint density at radius 3 is 3.13 bits per heavy atom. The molecule has 0 bridgehead atoms. The van der Waals surface area contributed by atoms with Crippen LogP contribution in [0.15, 0.2) is 42.6 Å². The molecule has 2 amide bonds. The molecule has 0 saturated carbocycles. The highest BCUT2D eigenvalue weighted by Gasteiger charge is 2.20. The van der Waals surface area contributed by atoms with Crippen LogP contribution in [-0.2, 0) is 13.0 Å². The van der Waals surface area contributed by atoms with Crippen LogP contribution in [0.5, 0.6) is 11.6 Å². The summed E-state index contributed by atoms with van der Waals surface area (Å²) in [5.74, 6) is 1.43. The second kappa shape index (κ2) is 7.00. The maximum atomic E-state index is 12.0. The lowest BCUT2D eigenvalue weighted by Crippen LogP contribution is -2.47. The third-order valence-corrected chi connectivity index (χ3v) is 3.68. The average molecular weight is 313 g/mol. The predicted octanol–water partition coefficient (Wildman–Crippen LogP) is 1.89. The highest BCUT2D eigenvalue weighted by atomic mass is 16.5. The minimum atomic E-state index is -0.214. The molecule has 0 spiro atoms. The molecule has 1 aliphatic heterocycles. The molecule has 0 fully saturated rings. The summed E-state index contributed by atoms with van der Waals surface area (Å²) in [7, 11) is 1.56. The molecular weight excluding hydrogens is 294 g/mol. The van der Waals surface area contributed by atoms with Gasteiger partial charge in [-0.3, -0.25) is 0 Å². The summed E-state index contributed by atoms with van der Waals surface area (Å²) < 4.78 is 10.7. The van der Waals surface area contributed by atoms with Crippen LogP contribution in [-0.4, -0.2) is 30.8 Å². The minimum absolute atomic E-state index is 0.0307. The molecule has 23 heavy (non-hydrogen) atoms. The Morgan fingerprint density at radius 2 is 2.26 bits per heavy atom. The van der Waals surface area contributed by atoms with Crippen molar-refractivity contribution in [2.24, 2.45) is 0 Å². The Balaban J connectivity index is 1.50. The van der Waals surface area contributed by atoms with E-state index in [9.17, 15) is 4.79 Å². The molecule has 1 aliphatic rings. The smallest absolute Gasteiger partial charge is 0.315 e. The van der Waals surface area contributed by atoms with Gasteiger partial charge in [0.1, 0.15) is 12.4 Å². The number of para-hydroxylation sites is 1. The van der Waals surface area contributed by atoms with Gasteiger partial charge in [-0.05, 0) is 29.7 Å². The number of hydrogen-bond acceptors (Lipinski definition) is 4. The topological polar surface area (TPSA) is 72.5 Å². The van der Waals surface area contributed by atoms with Gasteiger partial charge in [-0.25, -0.2) is 9.78 Å². The zero-order valence-corrected chi connectivity index (χ0v) is 12.9. The number of ether oxygens (including phenoxy) is 2. The Labute approximate surface area is 134 Å². The Bertz CT molecular complexity index is 690. The van der Waals surface area contributed by atoms with Crippen molar-refractivity contribution >= 4 is 6.03 Å². The average Bonchev–Trinajstić information content (AvgIpc) is 2.60. The van der Waals surface area contributed by atoms with Crippen molar-refractivity contribution in [1.82, 2.24) is 15.6 Å². The van der Waals surface area contributed by atoms with E-state index in [2.05, 4.69) is 15.6 Å². The van der Waals surface area contributed by atoms with Crippen LogP contribution in [0.25, 0.3) is 0 Å².